The summed E-state index contributed by atoms with van der Waals surface area (Å²) in [4.78, 5) is 8.44. The summed E-state index contributed by atoms with van der Waals surface area (Å²) in [7, 11) is 0. The Labute approximate surface area is 144 Å². The fourth-order valence-electron chi connectivity index (χ4n) is 2.79. The van der Waals surface area contributed by atoms with Gasteiger partial charge in [-0.1, -0.05) is 35.5 Å². The van der Waals surface area contributed by atoms with E-state index in [0.29, 0.717) is 34.8 Å². The molecule has 1 aromatic carbocycles. The topological polar surface area (TPSA) is 100 Å². The summed E-state index contributed by atoms with van der Waals surface area (Å²) in [6.07, 6.45) is 3.32. The van der Waals surface area contributed by atoms with E-state index in [1.807, 2.05) is 42.9 Å². The van der Waals surface area contributed by atoms with Gasteiger partial charge in [-0.15, -0.1) is 5.10 Å². The first-order chi connectivity index (χ1) is 12.1. The Morgan fingerprint density at radius 1 is 1.12 bits per heavy atom. The zero-order chi connectivity index (χ0) is 17.4. The number of nitrogen functional groups attached to an aromatic ring is 1. The fraction of sp³-hybridized carbons (Fsp3) is 0.235. The zero-order valence-electron chi connectivity index (χ0n) is 14.0. The van der Waals surface area contributed by atoms with Gasteiger partial charge >= 0.3 is 0 Å². The van der Waals surface area contributed by atoms with E-state index in [1.54, 1.807) is 4.68 Å². The molecule has 0 saturated heterocycles. The zero-order valence-corrected chi connectivity index (χ0v) is 14.0. The third-order valence-corrected chi connectivity index (χ3v) is 3.98. The molecule has 0 unspecified atom stereocenters. The van der Waals surface area contributed by atoms with Gasteiger partial charge in [0.1, 0.15) is 23.5 Å². The molecule has 3 heterocycles. The van der Waals surface area contributed by atoms with Gasteiger partial charge in [-0.05, 0) is 19.4 Å². The Bertz CT molecular complexity index is 1020. The Morgan fingerprint density at radius 2 is 1.92 bits per heavy atom. The van der Waals surface area contributed by atoms with Crippen LogP contribution in [0.2, 0.25) is 0 Å². The molecule has 4 rings (SSSR count). The molecule has 0 spiro atoms. The van der Waals surface area contributed by atoms with Gasteiger partial charge in [0.25, 0.3) is 0 Å². The van der Waals surface area contributed by atoms with Gasteiger partial charge in [0, 0.05) is 6.04 Å². The average molecular weight is 334 g/mol. The van der Waals surface area contributed by atoms with Crippen molar-refractivity contribution < 1.29 is 0 Å². The molecule has 0 aliphatic carbocycles. The van der Waals surface area contributed by atoms with Crippen LogP contribution in [0, 0.1) is 0 Å². The number of fused-ring (bicyclic) bond motifs is 1. The van der Waals surface area contributed by atoms with Crippen molar-refractivity contribution in [1.29, 1.82) is 0 Å². The molecule has 0 bridgehead atoms. The fourth-order valence-corrected chi connectivity index (χ4v) is 2.79. The van der Waals surface area contributed by atoms with Crippen molar-refractivity contribution in [3.05, 3.63) is 48.4 Å². The van der Waals surface area contributed by atoms with Crippen LogP contribution in [0.1, 0.15) is 25.5 Å². The quantitative estimate of drug-likeness (QED) is 0.614. The summed E-state index contributed by atoms with van der Waals surface area (Å²) < 4.78 is 3.61. The highest BCUT2D eigenvalue weighted by Crippen LogP contribution is 2.30. The highest BCUT2D eigenvalue weighted by atomic mass is 15.4. The van der Waals surface area contributed by atoms with Crippen molar-refractivity contribution in [2.45, 2.75) is 26.4 Å². The van der Waals surface area contributed by atoms with Crippen LogP contribution in [0.25, 0.3) is 22.4 Å². The lowest BCUT2D eigenvalue weighted by Gasteiger charge is -2.05. The van der Waals surface area contributed by atoms with E-state index in [4.69, 9.17) is 5.73 Å². The molecule has 0 fully saturated rings. The third kappa shape index (κ3) is 2.71. The lowest BCUT2D eigenvalue weighted by atomic mass is 10.2. The number of benzene rings is 1. The molecular formula is C17H18N8. The van der Waals surface area contributed by atoms with Crippen molar-refractivity contribution in [1.82, 2.24) is 34.7 Å². The highest BCUT2D eigenvalue weighted by Gasteiger charge is 2.20. The molecule has 0 amide bonds. The number of hydrogen-bond acceptors (Lipinski definition) is 6. The average Bonchev–Trinajstić information content (AvgIpc) is 3.21. The van der Waals surface area contributed by atoms with Crippen LogP contribution in [-0.2, 0) is 6.54 Å². The van der Waals surface area contributed by atoms with Gasteiger partial charge in [-0.25, -0.2) is 19.3 Å². The molecule has 0 atom stereocenters. The summed E-state index contributed by atoms with van der Waals surface area (Å²) in [5.74, 6) is 0.393. The van der Waals surface area contributed by atoms with Crippen molar-refractivity contribution >= 4 is 16.9 Å². The molecule has 3 aromatic heterocycles. The third-order valence-electron chi connectivity index (χ3n) is 3.98. The van der Waals surface area contributed by atoms with Crippen LogP contribution in [0.5, 0.6) is 0 Å². The maximum Gasteiger partial charge on any atom is 0.164 e. The second-order valence-electron chi connectivity index (χ2n) is 6.13. The predicted octanol–water partition coefficient (Wildman–Crippen LogP) is 2.30. The van der Waals surface area contributed by atoms with E-state index >= 15 is 0 Å². The first-order valence-corrected chi connectivity index (χ1v) is 8.06. The largest absolute Gasteiger partial charge is 0.383 e. The van der Waals surface area contributed by atoms with E-state index in [2.05, 4.69) is 37.5 Å². The number of nitrogens with zero attached hydrogens (tertiary/aromatic N) is 7. The second-order valence-corrected chi connectivity index (χ2v) is 6.13. The van der Waals surface area contributed by atoms with E-state index in [1.165, 1.54) is 6.33 Å². The minimum atomic E-state index is 0.143. The Kier molecular flexibility index (Phi) is 3.64. The van der Waals surface area contributed by atoms with Gasteiger partial charge in [0.2, 0.25) is 0 Å². The molecule has 2 N–H and O–H groups in total. The van der Waals surface area contributed by atoms with E-state index in [0.717, 1.165) is 5.56 Å². The van der Waals surface area contributed by atoms with Gasteiger partial charge in [0.05, 0.1) is 18.1 Å². The van der Waals surface area contributed by atoms with Gasteiger partial charge in [0.15, 0.2) is 5.65 Å². The molecule has 25 heavy (non-hydrogen) atoms. The lowest BCUT2D eigenvalue weighted by molar-refractivity contribution is 0.547. The number of anilines is 1. The predicted molar refractivity (Wildman–Crippen MR) is 94.7 cm³/mol. The molecule has 8 heteroatoms. The van der Waals surface area contributed by atoms with E-state index in [9.17, 15) is 0 Å². The molecule has 0 aliphatic rings. The van der Waals surface area contributed by atoms with E-state index in [-0.39, 0.29) is 6.04 Å². The SMILES string of the molecule is CC(C)n1nc(-c2cn(Cc3ccccc3)nn2)c2c(N)ncnc21. The molecule has 0 saturated carbocycles. The normalized spacial score (nSPS) is 11.5. The molecular weight excluding hydrogens is 316 g/mol. The van der Waals surface area contributed by atoms with Crippen molar-refractivity contribution in [3.63, 3.8) is 0 Å². The smallest absolute Gasteiger partial charge is 0.164 e. The minimum absolute atomic E-state index is 0.143. The highest BCUT2D eigenvalue weighted by molar-refractivity contribution is 5.97. The molecule has 8 nitrogen and oxygen atoms in total. The number of nitrogens with two attached hydrogens (primary N) is 1. The maximum absolute atomic E-state index is 6.08. The van der Waals surface area contributed by atoms with Crippen LogP contribution >= 0.6 is 0 Å². The monoisotopic (exact) mass is 334 g/mol. The molecule has 4 aromatic rings. The summed E-state index contributed by atoms with van der Waals surface area (Å²) in [6, 6.07) is 10.2. The van der Waals surface area contributed by atoms with Crippen LogP contribution < -0.4 is 5.73 Å². The summed E-state index contributed by atoms with van der Waals surface area (Å²) in [5, 5.41) is 13.9. The summed E-state index contributed by atoms with van der Waals surface area (Å²) in [5.41, 5.74) is 9.24. The van der Waals surface area contributed by atoms with E-state index < -0.39 is 0 Å². The number of hydrogen-bond donors (Lipinski definition) is 1. The number of rotatable bonds is 4. The standard InChI is InChI=1S/C17H18N8/c1-11(2)25-17-14(16(18)19-10-20-17)15(22-25)13-9-24(23-21-13)8-12-6-4-3-5-7-12/h3-7,9-11H,8H2,1-2H3,(H2,18,19,20). The Morgan fingerprint density at radius 3 is 2.68 bits per heavy atom. The summed E-state index contributed by atoms with van der Waals surface area (Å²) in [6.45, 7) is 4.73. The van der Waals surface area contributed by atoms with Gasteiger partial charge in [-0.2, -0.15) is 5.10 Å². The van der Waals surface area contributed by atoms with Crippen LogP contribution in [-0.4, -0.2) is 34.7 Å². The van der Waals surface area contributed by atoms with Crippen LogP contribution in [0.15, 0.2) is 42.9 Å². The number of aromatic nitrogens is 7. The first-order valence-electron chi connectivity index (χ1n) is 8.06. The molecule has 0 aliphatic heterocycles. The van der Waals surface area contributed by atoms with Crippen LogP contribution in [0.3, 0.4) is 0 Å². The Balaban J connectivity index is 1.78. The van der Waals surface area contributed by atoms with Crippen molar-refractivity contribution in [2.24, 2.45) is 0 Å². The van der Waals surface area contributed by atoms with Crippen molar-refractivity contribution in [2.75, 3.05) is 5.73 Å². The first kappa shape index (κ1) is 15.3. The lowest BCUT2D eigenvalue weighted by Crippen LogP contribution is -2.04. The maximum atomic E-state index is 6.08. The second kappa shape index (κ2) is 5.97. The van der Waals surface area contributed by atoms with Gasteiger partial charge in [-0.3, -0.25) is 0 Å². The van der Waals surface area contributed by atoms with Crippen molar-refractivity contribution in [3.8, 4) is 11.4 Å². The molecule has 126 valence electrons. The molecule has 0 radical (unpaired) electrons. The van der Waals surface area contributed by atoms with Crippen LogP contribution in [0.4, 0.5) is 5.82 Å². The minimum Gasteiger partial charge on any atom is -0.383 e. The van der Waals surface area contributed by atoms with Gasteiger partial charge < -0.3 is 5.73 Å². The summed E-state index contributed by atoms with van der Waals surface area (Å²) >= 11 is 0. The Hall–Kier alpha value is -3.29.